The van der Waals surface area contributed by atoms with Crippen LogP contribution in [0.5, 0.6) is 0 Å². The van der Waals surface area contributed by atoms with Crippen LogP contribution in [-0.2, 0) is 6.54 Å². The SMILES string of the molecule is O=C(O)c1cccc(-c2cc[n+](Cc3ccccc3)cc2)c1. The number of hydrogen-bond donors (Lipinski definition) is 1. The number of carboxylic acids is 1. The highest BCUT2D eigenvalue weighted by molar-refractivity contribution is 5.89. The molecule has 0 aliphatic carbocycles. The summed E-state index contributed by atoms with van der Waals surface area (Å²) in [5, 5.41) is 9.06. The second-order valence-corrected chi connectivity index (χ2v) is 5.13. The standard InChI is InChI=1S/C19H15NO2/c21-19(22)18-8-4-7-17(13-18)16-9-11-20(12-10-16)14-15-5-2-1-3-6-15/h1-13H,14H2/p+1. The summed E-state index contributed by atoms with van der Waals surface area (Å²) in [7, 11) is 0. The predicted octanol–water partition coefficient (Wildman–Crippen LogP) is 3.39. The third kappa shape index (κ3) is 3.20. The Morgan fingerprint density at radius 2 is 1.59 bits per heavy atom. The molecule has 1 aromatic heterocycles. The Labute approximate surface area is 129 Å². The Morgan fingerprint density at radius 1 is 0.864 bits per heavy atom. The van der Waals surface area contributed by atoms with E-state index in [9.17, 15) is 4.79 Å². The van der Waals surface area contributed by atoms with Crippen LogP contribution in [0.4, 0.5) is 0 Å². The van der Waals surface area contributed by atoms with Crippen LogP contribution in [0.25, 0.3) is 11.1 Å². The molecule has 1 N–H and O–H groups in total. The van der Waals surface area contributed by atoms with E-state index in [1.54, 1.807) is 18.2 Å². The van der Waals surface area contributed by atoms with E-state index in [4.69, 9.17) is 5.11 Å². The van der Waals surface area contributed by atoms with Gasteiger partial charge in [0.25, 0.3) is 0 Å². The molecule has 0 amide bonds. The first-order chi connectivity index (χ1) is 10.7. The highest BCUT2D eigenvalue weighted by Gasteiger charge is 2.07. The molecule has 3 heteroatoms. The fourth-order valence-electron chi connectivity index (χ4n) is 2.38. The highest BCUT2D eigenvalue weighted by Crippen LogP contribution is 2.19. The number of nitrogens with zero attached hydrogens (tertiary/aromatic N) is 1. The van der Waals surface area contributed by atoms with Crippen molar-refractivity contribution in [1.29, 1.82) is 0 Å². The van der Waals surface area contributed by atoms with Crippen molar-refractivity contribution in [3.8, 4) is 11.1 Å². The number of benzene rings is 2. The maximum atomic E-state index is 11.0. The van der Waals surface area contributed by atoms with E-state index >= 15 is 0 Å². The second-order valence-electron chi connectivity index (χ2n) is 5.13. The molecule has 0 bridgehead atoms. The van der Waals surface area contributed by atoms with Gasteiger partial charge in [-0.25, -0.2) is 9.36 Å². The summed E-state index contributed by atoms with van der Waals surface area (Å²) < 4.78 is 2.10. The number of aromatic carboxylic acids is 1. The van der Waals surface area contributed by atoms with Gasteiger partial charge in [-0.1, -0.05) is 42.5 Å². The lowest BCUT2D eigenvalue weighted by atomic mass is 10.0. The molecule has 2 aromatic carbocycles. The van der Waals surface area contributed by atoms with E-state index in [-0.39, 0.29) is 0 Å². The maximum absolute atomic E-state index is 11.0. The van der Waals surface area contributed by atoms with Gasteiger partial charge < -0.3 is 5.11 Å². The molecule has 0 spiro atoms. The molecule has 0 radical (unpaired) electrons. The molecule has 0 atom stereocenters. The average Bonchev–Trinajstić information content (AvgIpc) is 2.56. The van der Waals surface area contributed by atoms with Crippen molar-refractivity contribution in [2.75, 3.05) is 0 Å². The van der Waals surface area contributed by atoms with Crippen LogP contribution in [0.3, 0.4) is 0 Å². The van der Waals surface area contributed by atoms with Gasteiger partial charge in [0.15, 0.2) is 18.9 Å². The fourth-order valence-corrected chi connectivity index (χ4v) is 2.38. The summed E-state index contributed by atoms with van der Waals surface area (Å²) in [6, 6.07) is 21.2. The Hall–Kier alpha value is -2.94. The predicted molar refractivity (Wildman–Crippen MR) is 84.6 cm³/mol. The van der Waals surface area contributed by atoms with E-state index in [1.165, 1.54) is 5.56 Å². The molecule has 0 saturated heterocycles. The second kappa shape index (κ2) is 6.22. The molecule has 1 heterocycles. The summed E-state index contributed by atoms with van der Waals surface area (Å²) in [6.45, 7) is 0.816. The van der Waals surface area contributed by atoms with Crippen LogP contribution in [0.1, 0.15) is 15.9 Å². The average molecular weight is 290 g/mol. The molecule has 0 saturated carbocycles. The number of carboxylic acid groups (broad SMARTS) is 1. The van der Waals surface area contributed by atoms with E-state index in [1.807, 2.05) is 48.8 Å². The number of rotatable bonds is 4. The minimum absolute atomic E-state index is 0.304. The van der Waals surface area contributed by atoms with Gasteiger partial charge in [0.1, 0.15) is 0 Å². The first-order valence-corrected chi connectivity index (χ1v) is 7.09. The van der Waals surface area contributed by atoms with Gasteiger partial charge >= 0.3 is 5.97 Å². The minimum Gasteiger partial charge on any atom is -0.478 e. The molecular weight excluding hydrogens is 274 g/mol. The lowest BCUT2D eigenvalue weighted by Gasteiger charge is -2.03. The van der Waals surface area contributed by atoms with Crippen molar-refractivity contribution in [1.82, 2.24) is 0 Å². The van der Waals surface area contributed by atoms with Crippen molar-refractivity contribution < 1.29 is 14.5 Å². The normalized spacial score (nSPS) is 10.4. The molecule has 0 fully saturated rings. The Kier molecular flexibility index (Phi) is 3.97. The van der Waals surface area contributed by atoms with Gasteiger partial charge in [-0.3, -0.25) is 0 Å². The smallest absolute Gasteiger partial charge is 0.335 e. The molecule has 0 aliphatic rings. The van der Waals surface area contributed by atoms with Gasteiger partial charge in [-0.15, -0.1) is 0 Å². The molecule has 0 unspecified atom stereocenters. The van der Waals surface area contributed by atoms with Crippen LogP contribution >= 0.6 is 0 Å². The number of pyridine rings is 1. The van der Waals surface area contributed by atoms with E-state index in [0.717, 1.165) is 17.7 Å². The molecule has 3 rings (SSSR count). The maximum Gasteiger partial charge on any atom is 0.335 e. The fraction of sp³-hybridized carbons (Fsp3) is 0.0526. The monoisotopic (exact) mass is 290 g/mol. The Bertz CT molecular complexity index is 780. The minimum atomic E-state index is -0.906. The third-order valence-corrected chi connectivity index (χ3v) is 3.54. The molecule has 3 nitrogen and oxygen atoms in total. The van der Waals surface area contributed by atoms with Crippen molar-refractivity contribution in [2.45, 2.75) is 6.54 Å². The van der Waals surface area contributed by atoms with Crippen molar-refractivity contribution in [2.24, 2.45) is 0 Å². The van der Waals surface area contributed by atoms with Crippen LogP contribution < -0.4 is 4.57 Å². The van der Waals surface area contributed by atoms with Crippen molar-refractivity contribution in [3.05, 3.63) is 90.3 Å². The van der Waals surface area contributed by atoms with Crippen molar-refractivity contribution in [3.63, 3.8) is 0 Å². The summed E-state index contributed by atoms with van der Waals surface area (Å²) >= 11 is 0. The number of hydrogen-bond acceptors (Lipinski definition) is 1. The van der Waals surface area contributed by atoms with Gasteiger partial charge in [-0.05, 0) is 23.3 Å². The van der Waals surface area contributed by atoms with Gasteiger partial charge in [0.2, 0.25) is 0 Å². The van der Waals surface area contributed by atoms with Gasteiger partial charge in [0.05, 0.1) is 5.56 Å². The molecule has 3 aromatic rings. The van der Waals surface area contributed by atoms with Crippen LogP contribution in [0, 0.1) is 0 Å². The van der Waals surface area contributed by atoms with Crippen molar-refractivity contribution >= 4 is 5.97 Å². The lowest BCUT2D eigenvalue weighted by molar-refractivity contribution is -0.688. The van der Waals surface area contributed by atoms with E-state index in [2.05, 4.69) is 16.7 Å². The first kappa shape index (κ1) is 14.0. The Balaban J connectivity index is 1.82. The summed E-state index contributed by atoms with van der Waals surface area (Å²) in [6.07, 6.45) is 4.02. The zero-order valence-corrected chi connectivity index (χ0v) is 12.0. The molecular formula is C19H16NO2+. The first-order valence-electron chi connectivity index (χ1n) is 7.09. The van der Waals surface area contributed by atoms with Crippen LogP contribution in [-0.4, -0.2) is 11.1 Å². The van der Waals surface area contributed by atoms with Gasteiger partial charge in [0, 0.05) is 17.7 Å². The largest absolute Gasteiger partial charge is 0.478 e. The van der Waals surface area contributed by atoms with Crippen LogP contribution in [0.15, 0.2) is 79.1 Å². The lowest BCUT2D eigenvalue weighted by Crippen LogP contribution is -2.32. The topological polar surface area (TPSA) is 41.2 Å². The quantitative estimate of drug-likeness (QED) is 0.748. The third-order valence-electron chi connectivity index (χ3n) is 3.54. The Morgan fingerprint density at radius 3 is 2.27 bits per heavy atom. The van der Waals surface area contributed by atoms with E-state index in [0.29, 0.717) is 5.56 Å². The molecule has 22 heavy (non-hydrogen) atoms. The summed E-state index contributed by atoms with van der Waals surface area (Å²) in [5.41, 5.74) is 3.46. The zero-order valence-electron chi connectivity index (χ0n) is 12.0. The molecule has 0 aliphatic heterocycles. The highest BCUT2D eigenvalue weighted by atomic mass is 16.4. The zero-order chi connectivity index (χ0) is 15.4. The summed E-state index contributed by atoms with van der Waals surface area (Å²) in [5.74, 6) is -0.906. The van der Waals surface area contributed by atoms with Crippen LogP contribution in [0.2, 0.25) is 0 Å². The molecule has 108 valence electrons. The number of aromatic nitrogens is 1. The number of carbonyl (C=O) groups is 1. The van der Waals surface area contributed by atoms with E-state index < -0.39 is 5.97 Å². The van der Waals surface area contributed by atoms with Gasteiger partial charge in [-0.2, -0.15) is 0 Å². The summed E-state index contributed by atoms with van der Waals surface area (Å²) in [4.78, 5) is 11.0.